The lowest BCUT2D eigenvalue weighted by atomic mass is 10.3. The number of amides is 5. The van der Waals surface area contributed by atoms with Crippen LogP contribution < -0.4 is 54.4 Å². The molecule has 0 atom stereocenters. The lowest BCUT2D eigenvalue weighted by Crippen LogP contribution is -2.40. The van der Waals surface area contributed by atoms with Gasteiger partial charge in [-0.15, -0.1) is 0 Å². The van der Waals surface area contributed by atoms with Crippen LogP contribution in [0, 0.1) is 0 Å². The van der Waals surface area contributed by atoms with Crippen molar-refractivity contribution in [1.82, 2.24) is 42.1 Å². The molecule has 5 amide bonds. The predicted octanol–water partition coefficient (Wildman–Crippen LogP) is -5.12. The quantitative estimate of drug-likeness (QED) is 0.0407. The Balaban J connectivity index is 4.00. The third kappa shape index (κ3) is 25.8. The van der Waals surface area contributed by atoms with E-state index in [1.807, 2.05) is 4.90 Å². The molecule has 0 spiro atoms. The molecule has 238 valence electrons. The zero-order chi connectivity index (χ0) is 30.6. The average Bonchev–Trinajstić information content (AvgIpc) is 2.96. The summed E-state index contributed by atoms with van der Waals surface area (Å²) in [5, 5.41) is 19.9. The van der Waals surface area contributed by atoms with E-state index in [1.165, 1.54) is 0 Å². The van der Waals surface area contributed by atoms with E-state index in [2.05, 4.69) is 37.2 Å². The van der Waals surface area contributed by atoms with Gasteiger partial charge in [0.25, 0.3) is 0 Å². The van der Waals surface area contributed by atoms with E-state index in [-0.39, 0.29) is 55.2 Å². The molecule has 0 aliphatic rings. The summed E-state index contributed by atoms with van der Waals surface area (Å²) in [6.07, 6.45) is 1.43. The molecule has 0 aliphatic carbocycles. The van der Waals surface area contributed by atoms with Gasteiger partial charge in [0.05, 0.1) is 0 Å². The molecule has 0 heterocycles. The first-order chi connectivity index (χ1) is 19.8. The maximum absolute atomic E-state index is 12.2. The molecule has 0 radical (unpaired) electrons. The Kier molecular flexibility index (Phi) is 25.4. The Hall–Kier alpha value is -2.89. The highest BCUT2D eigenvalue weighted by atomic mass is 16.2. The van der Waals surface area contributed by atoms with Crippen LogP contribution in [-0.4, -0.2) is 133 Å². The van der Waals surface area contributed by atoms with Crippen LogP contribution in [0.25, 0.3) is 0 Å². The van der Waals surface area contributed by atoms with Crippen molar-refractivity contribution in [1.29, 1.82) is 0 Å². The van der Waals surface area contributed by atoms with Gasteiger partial charge in [-0.25, -0.2) is 0 Å². The SMILES string of the molecule is NCCNC(=O)CCNCCNC(=O)CCNCCC(=O)NCCN(CCC(=O)NCCN)CCC(=O)NCCN. The van der Waals surface area contributed by atoms with E-state index in [9.17, 15) is 24.0 Å². The normalized spacial score (nSPS) is 10.7. The molecule has 0 fully saturated rings. The average molecular weight is 588 g/mol. The van der Waals surface area contributed by atoms with Crippen molar-refractivity contribution < 1.29 is 24.0 Å². The summed E-state index contributed by atoms with van der Waals surface area (Å²) >= 11 is 0. The molecule has 0 saturated carbocycles. The molecule has 41 heavy (non-hydrogen) atoms. The molecule has 0 aromatic heterocycles. The molecular weight excluding hydrogens is 534 g/mol. The number of rotatable bonds is 27. The van der Waals surface area contributed by atoms with E-state index < -0.39 is 0 Å². The summed E-state index contributed by atoms with van der Waals surface area (Å²) in [6, 6.07) is 0. The third-order valence-corrected chi connectivity index (χ3v) is 5.67. The molecule has 16 heteroatoms. The minimum atomic E-state index is -0.133. The number of carbonyl (C=O) groups excluding carboxylic acids is 5. The topological polar surface area (TPSA) is 251 Å². The third-order valence-electron chi connectivity index (χ3n) is 5.67. The van der Waals surface area contributed by atoms with Crippen LogP contribution in [0.5, 0.6) is 0 Å². The van der Waals surface area contributed by atoms with Crippen molar-refractivity contribution in [2.24, 2.45) is 17.2 Å². The lowest BCUT2D eigenvalue weighted by Gasteiger charge is -2.22. The van der Waals surface area contributed by atoms with Crippen LogP contribution in [0.3, 0.4) is 0 Å². The minimum absolute atomic E-state index is 0.0611. The second-order valence-corrected chi connectivity index (χ2v) is 9.21. The Morgan fingerprint density at radius 3 is 1.15 bits per heavy atom. The molecule has 0 saturated heterocycles. The number of nitrogens with one attached hydrogen (secondary N) is 7. The zero-order valence-corrected chi connectivity index (χ0v) is 24.4. The first-order valence-electron chi connectivity index (χ1n) is 14.4. The maximum Gasteiger partial charge on any atom is 0.221 e. The minimum Gasteiger partial charge on any atom is -0.355 e. The van der Waals surface area contributed by atoms with Crippen LogP contribution in [0.4, 0.5) is 0 Å². The summed E-state index contributed by atoms with van der Waals surface area (Å²) in [5.74, 6) is -0.527. The van der Waals surface area contributed by atoms with Gasteiger partial charge in [0.2, 0.25) is 29.5 Å². The van der Waals surface area contributed by atoms with Gasteiger partial charge in [-0.1, -0.05) is 0 Å². The summed E-state index contributed by atoms with van der Waals surface area (Å²) in [6.45, 7) is 6.59. The van der Waals surface area contributed by atoms with E-state index in [4.69, 9.17) is 17.2 Å². The molecule has 13 N–H and O–H groups in total. The van der Waals surface area contributed by atoms with Crippen LogP contribution in [0.15, 0.2) is 0 Å². The Morgan fingerprint density at radius 1 is 0.390 bits per heavy atom. The second-order valence-electron chi connectivity index (χ2n) is 9.21. The molecule has 0 bridgehead atoms. The van der Waals surface area contributed by atoms with Crippen molar-refractivity contribution in [2.75, 3.05) is 98.2 Å². The van der Waals surface area contributed by atoms with Crippen molar-refractivity contribution in [3.05, 3.63) is 0 Å². The Morgan fingerprint density at radius 2 is 0.732 bits per heavy atom. The van der Waals surface area contributed by atoms with Gasteiger partial charge in [-0.2, -0.15) is 0 Å². The zero-order valence-electron chi connectivity index (χ0n) is 24.4. The lowest BCUT2D eigenvalue weighted by molar-refractivity contribution is -0.123. The second kappa shape index (κ2) is 27.3. The molecule has 0 aromatic carbocycles. The molecule has 0 rings (SSSR count). The standard InChI is InChI=1S/C25H53N11O5/c26-6-12-31-21(37)3-11-30-15-16-34-22(38)1-9-29-10-2-23(39)35-17-20-36(18-4-24(40)32-13-7-27)19-5-25(41)33-14-8-28/h29-30H,1-20,26-28H2,(H,31,37)(H,32,40)(H,33,41)(H,34,38)(H,35,39). The van der Waals surface area contributed by atoms with Crippen LogP contribution in [0.1, 0.15) is 32.1 Å². The predicted molar refractivity (Wildman–Crippen MR) is 157 cm³/mol. The van der Waals surface area contributed by atoms with Gasteiger partial charge < -0.3 is 59.3 Å². The summed E-state index contributed by atoms with van der Waals surface area (Å²) in [5.41, 5.74) is 16.1. The number of carbonyl (C=O) groups is 5. The Bertz CT molecular complexity index is 719. The van der Waals surface area contributed by atoms with E-state index >= 15 is 0 Å². The van der Waals surface area contributed by atoms with Crippen molar-refractivity contribution in [3.8, 4) is 0 Å². The van der Waals surface area contributed by atoms with Gasteiger partial charge in [0.15, 0.2) is 0 Å². The highest BCUT2D eigenvalue weighted by Crippen LogP contribution is 1.95. The van der Waals surface area contributed by atoms with Crippen LogP contribution in [0.2, 0.25) is 0 Å². The fourth-order valence-electron chi connectivity index (χ4n) is 3.43. The van der Waals surface area contributed by atoms with E-state index in [0.29, 0.717) is 105 Å². The van der Waals surface area contributed by atoms with Crippen molar-refractivity contribution in [2.45, 2.75) is 32.1 Å². The highest BCUT2D eigenvalue weighted by Gasteiger charge is 2.11. The van der Waals surface area contributed by atoms with Gasteiger partial charge in [-0.3, -0.25) is 24.0 Å². The van der Waals surface area contributed by atoms with Gasteiger partial charge in [0.1, 0.15) is 0 Å². The summed E-state index contributed by atoms with van der Waals surface area (Å²) in [7, 11) is 0. The number of hydrogen-bond donors (Lipinski definition) is 10. The first-order valence-corrected chi connectivity index (χ1v) is 14.4. The van der Waals surface area contributed by atoms with E-state index in [1.54, 1.807) is 0 Å². The van der Waals surface area contributed by atoms with Gasteiger partial charge in [0, 0.05) is 130 Å². The van der Waals surface area contributed by atoms with Crippen molar-refractivity contribution in [3.63, 3.8) is 0 Å². The van der Waals surface area contributed by atoms with Crippen LogP contribution >= 0.6 is 0 Å². The Labute approximate surface area is 243 Å². The summed E-state index contributed by atoms with van der Waals surface area (Å²) in [4.78, 5) is 61.3. The smallest absolute Gasteiger partial charge is 0.221 e. The molecule has 16 nitrogen and oxygen atoms in total. The number of hydrogen-bond acceptors (Lipinski definition) is 11. The first kappa shape index (κ1) is 38.1. The van der Waals surface area contributed by atoms with Crippen molar-refractivity contribution >= 4 is 29.5 Å². The fraction of sp³-hybridized carbons (Fsp3) is 0.800. The molecule has 0 aromatic rings. The van der Waals surface area contributed by atoms with Gasteiger partial charge >= 0.3 is 0 Å². The molecule has 0 unspecified atom stereocenters. The largest absolute Gasteiger partial charge is 0.355 e. The fourth-order valence-corrected chi connectivity index (χ4v) is 3.43. The number of nitrogens with zero attached hydrogens (tertiary/aromatic N) is 1. The monoisotopic (exact) mass is 587 g/mol. The molecular formula is C25H53N11O5. The van der Waals surface area contributed by atoms with Crippen LogP contribution in [-0.2, 0) is 24.0 Å². The highest BCUT2D eigenvalue weighted by molar-refractivity contribution is 5.77. The van der Waals surface area contributed by atoms with Gasteiger partial charge in [-0.05, 0) is 0 Å². The molecule has 0 aliphatic heterocycles. The summed E-state index contributed by atoms with van der Waals surface area (Å²) < 4.78 is 0. The van der Waals surface area contributed by atoms with E-state index in [0.717, 1.165) is 0 Å². The number of nitrogens with two attached hydrogens (primary N) is 3. The maximum atomic E-state index is 12.2.